The zero-order chi connectivity index (χ0) is 23.0. The maximum absolute atomic E-state index is 12.8. The summed E-state index contributed by atoms with van der Waals surface area (Å²) in [6, 6.07) is 4.42. The molecule has 0 saturated carbocycles. The fraction of sp³-hybridized carbons (Fsp3) is 0.350. The lowest BCUT2D eigenvalue weighted by molar-refractivity contribution is -0.137. The largest absolute Gasteiger partial charge is 0.503 e. The first-order chi connectivity index (χ1) is 14.5. The highest BCUT2D eigenvalue weighted by molar-refractivity contribution is 7.18. The molecule has 166 valence electrons. The first-order valence-electron chi connectivity index (χ1n) is 9.02. The summed E-state index contributed by atoms with van der Waals surface area (Å²) in [5.41, 5.74) is -0.891. The van der Waals surface area contributed by atoms with Crippen LogP contribution in [0.2, 0.25) is 0 Å². The van der Waals surface area contributed by atoms with E-state index in [0.717, 1.165) is 12.1 Å². The smallest absolute Gasteiger partial charge is 0.416 e. The van der Waals surface area contributed by atoms with Crippen LogP contribution in [0.4, 0.5) is 13.2 Å². The third kappa shape index (κ3) is 4.50. The van der Waals surface area contributed by atoms with Crippen LogP contribution in [0.15, 0.2) is 30.5 Å². The van der Waals surface area contributed by atoms with Gasteiger partial charge in [0.25, 0.3) is 0 Å². The fourth-order valence-corrected chi connectivity index (χ4v) is 3.88. The van der Waals surface area contributed by atoms with Gasteiger partial charge in [0.2, 0.25) is 4.96 Å². The van der Waals surface area contributed by atoms with Crippen molar-refractivity contribution in [3.05, 3.63) is 52.5 Å². The number of aryl methyl sites for hydroxylation is 1. The van der Waals surface area contributed by atoms with E-state index in [4.69, 9.17) is 14.2 Å². The van der Waals surface area contributed by atoms with Gasteiger partial charge in [0, 0.05) is 0 Å². The molecule has 0 bridgehead atoms. The molecule has 0 spiro atoms. The van der Waals surface area contributed by atoms with Gasteiger partial charge in [-0.3, -0.25) is 0 Å². The highest BCUT2D eigenvalue weighted by atomic mass is 32.1. The number of carbonyl (C=O) groups excluding carboxylic acids is 1. The summed E-state index contributed by atoms with van der Waals surface area (Å²) in [6.07, 6.45) is -3.12. The Kier molecular flexibility index (Phi) is 5.99. The average molecular weight is 455 g/mol. The van der Waals surface area contributed by atoms with Crippen molar-refractivity contribution >= 4 is 27.8 Å². The van der Waals surface area contributed by atoms with Gasteiger partial charge in [-0.2, -0.15) is 18.2 Å². The molecular formula is C20H20F3N3O4S. The lowest BCUT2D eigenvalue weighted by Crippen LogP contribution is -2.27. The molecule has 3 rings (SSSR count). The molecule has 0 fully saturated rings. The van der Waals surface area contributed by atoms with Gasteiger partial charge in [0.1, 0.15) is 11.3 Å². The zero-order valence-corrected chi connectivity index (χ0v) is 18.2. The minimum Gasteiger partial charge on any atom is -0.503 e. The second-order valence-corrected chi connectivity index (χ2v) is 8.02. The Hall–Kier alpha value is -3.08. The molecule has 0 atom stereocenters. The first kappa shape index (κ1) is 22.6. The van der Waals surface area contributed by atoms with Crippen LogP contribution in [-0.4, -0.2) is 34.8 Å². The normalized spacial score (nSPS) is 12.8. The molecule has 1 aromatic carbocycles. The average Bonchev–Trinajstić information content (AvgIpc) is 3.25. The molecule has 0 aliphatic rings. The molecule has 0 radical (unpaired) electrons. The van der Waals surface area contributed by atoms with Crippen molar-refractivity contribution in [1.29, 1.82) is 0 Å². The van der Waals surface area contributed by atoms with Crippen molar-refractivity contribution < 1.29 is 32.2 Å². The van der Waals surface area contributed by atoms with Gasteiger partial charge in [-0.05, 0) is 45.0 Å². The van der Waals surface area contributed by atoms with Crippen molar-refractivity contribution in [1.82, 2.24) is 14.6 Å². The number of carbonyl (C=O) groups is 1. The molecule has 2 aromatic heterocycles. The maximum atomic E-state index is 12.8. The lowest BCUT2D eigenvalue weighted by Gasteiger charge is -2.23. The zero-order valence-electron chi connectivity index (χ0n) is 17.4. The summed E-state index contributed by atoms with van der Waals surface area (Å²) >= 11 is 1.22. The molecule has 31 heavy (non-hydrogen) atoms. The number of benzene rings is 1. The molecule has 0 aliphatic heterocycles. The van der Waals surface area contributed by atoms with Gasteiger partial charge in [-0.15, -0.1) is 5.10 Å². The van der Waals surface area contributed by atoms with E-state index in [-0.39, 0.29) is 11.3 Å². The molecule has 0 saturated heterocycles. The molecule has 3 aromatic rings. The predicted octanol–water partition coefficient (Wildman–Crippen LogP) is 4.59. The number of halogens is 3. The number of aromatic nitrogens is 3. The summed E-state index contributed by atoms with van der Waals surface area (Å²) < 4.78 is 55.5. The second-order valence-electron chi connectivity index (χ2n) is 7.04. The van der Waals surface area contributed by atoms with Crippen LogP contribution < -0.4 is 4.74 Å². The molecule has 0 N–H and O–H groups in total. The highest BCUT2D eigenvalue weighted by Gasteiger charge is 2.32. The summed E-state index contributed by atoms with van der Waals surface area (Å²) in [5.74, 6) is 0.0360. The van der Waals surface area contributed by atoms with Gasteiger partial charge in [-0.1, -0.05) is 11.3 Å². The van der Waals surface area contributed by atoms with E-state index in [0.29, 0.717) is 21.4 Å². The molecule has 11 heteroatoms. The minimum absolute atomic E-state index is 0.238. The Labute approximate surface area is 180 Å². The van der Waals surface area contributed by atoms with Crippen LogP contribution >= 0.6 is 11.3 Å². The van der Waals surface area contributed by atoms with Crippen LogP contribution in [-0.2, 0) is 26.0 Å². The number of fused-ring (bicyclic) bond motifs is 1. The molecule has 0 aliphatic carbocycles. The summed E-state index contributed by atoms with van der Waals surface area (Å²) in [4.78, 5) is 17.7. The topological polar surface area (TPSA) is 75.0 Å². The number of esters is 1. The van der Waals surface area contributed by atoms with E-state index >= 15 is 0 Å². The van der Waals surface area contributed by atoms with Crippen molar-refractivity contribution in [2.45, 2.75) is 32.5 Å². The van der Waals surface area contributed by atoms with Gasteiger partial charge in [0.15, 0.2) is 11.4 Å². The Morgan fingerprint density at radius 1 is 1.16 bits per heavy atom. The van der Waals surface area contributed by atoms with Crippen molar-refractivity contribution in [3.8, 4) is 5.75 Å². The number of rotatable bonds is 6. The number of ether oxygens (including phenoxy) is 3. The summed E-state index contributed by atoms with van der Waals surface area (Å²) in [7, 11) is 2.70. The van der Waals surface area contributed by atoms with Crippen LogP contribution in [0.1, 0.15) is 35.8 Å². The summed E-state index contributed by atoms with van der Waals surface area (Å²) in [5, 5.41) is 4.48. The first-order valence-corrected chi connectivity index (χ1v) is 9.84. The fourth-order valence-electron chi connectivity index (χ4n) is 2.82. The number of thiazole rings is 1. The monoisotopic (exact) mass is 455 g/mol. The molecular weight excluding hydrogens is 435 g/mol. The Balaban J connectivity index is 1.90. The van der Waals surface area contributed by atoms with Gasteiger partial charge in [0.05, 0.1) is 36.6 Å². The van der Waals surface area contributed by atoms with E-state index in [9.17, 15) is 18.0 Å². The second kappa shape index (κ2) is 8.22. The Bertz CT molecular complexity index is 1130. The lowest BCUT2D eigenvalue weighted by atomic mass is 10.1. The molecule has 7 nitrogen and oxygen atoms in total. The number of methoxy groups -OCH3 is 2. The molecule has 0 amide bonds. The number of alkyl halides is 3. The van der Waals surface area contributed by atoms with Crippen molar-refractivity contribution in [3.63, 3.8) is 0 Å². The van der Waals surface area contributed by atoms with E-state index in [1.54, 1.807) is 25.3 Å². The Morgan fingerprint density at radius 3 is 2.32 bits per heavy atom. The van der Waals surface area contributed by atoms with E-state index in [1.807, 2.05) is 0 Å². The predicted molar refractivity (Wildman–Crippen MR) is 108 cm³/mol. The van der Waals surface area contributed by atoms with Crippen LogP contribution in [0, 0.1) is 6.92 Å². The van der Waals surface area contributed by atoms with Gasteiger partial charge >= 0.3 is 12.1 Å². The SMILES string of the molecule is COC=C(C(=O)OC)c1sc2nc(C(C)(C)Oc3ccc(C(F)(F)F)cc3)nn2c1C. The van der Waals surface area contributed by atoms with Crippen molar-refractivity contribution in [2.75, 3.05) is 14.2 Å². The number of hydrogen-bond acceptors (Lipinski definition) is 7. The third-order valence-electron chi connectivity index (χ3n) is 4.40. The number of nitrogens with zero attached hydrogens (tertiary/aromatic N) is 3. The standard InChI is InChI=1S/C20H20F3N3O4S/c1-11-15(14(10-28-4)16(27)29-5)31-18-24-17(25-26(11)18)19(2,3)30-13-8-6-12(7-9-13)20(21,22)23/h6-10H,1-5H3. The van der Waals surface area contributed by atoms with Crippen molar-refractivity contribution in [2.24, 2.45) is 0 Å². The summed E-state index contributed by atoms with van der Waals surface area (Å²) in [6.45, 7) is 5.20. The van der Waals surface area contributed by atoms with Crippen LogP contribution in [0.3, 0.4) is 0 Å². The van der Waals surface area contributed by atoms with E-state index in [1.165, 1.54) is 44.0 Å². The number of hydrogen-bond donors (Lipinski definition) is 0. The van der Waals surface area contributed by atoms with E-state index < -0.39 is 23.3 Å². The van der Waals surface area contributed by atoms with Gasteiger partial charge in [-0.25, -0.2) is 9.31 Å². The molecule has 0 unspecified atom stereocenters. The van der Waals surface area contributed by atoms with Crippen LogP contribution in [0.25, 0.3) is 10.5 Å². The highest BCUT2D eigenvalue weighted by Crippen LogP contribution is 2.34. The van der Waals surface area contributed by atoms with Gasteiger partial charge < -0.3 is 14.2 Å². The quantitative estimate of drug-likeness (QED) is 0.307. The minimum atomic E-state index is -4.42. The van der Waals surface area contributed by atoms with E-state index in [2.05, 4.69) is 10.1 Å². The van der Waals surface area contributed by atoms with Crippen LogP contribution in [0.5, 0.6) is 5.75 Å². The molecule has 2 heterocycles. The Morgan fingerprint density at radius 2 is 1.81 bits per heavy atom. The maximum Gasteiger partial charge on any atom is 0.416 e. The third-order valence-corrected chi connectivity index (χ3v) is 5.56.